The maximum atomic E-state index is 12.2. The second kappa shape index (κ2) is 5.83. The van der Waals surface area contributed by atoms with Crippen LogP contribution in [0, 0.1) is 0 Å². The minimum absolute atomic E-state index is 0.162. The third kappa shape index (κ3) is 3.50. The van der Waals surface area contributed by atoms with Gasteiger partial charge in [-0.25, -0.2) is 0 Å². The highest BCUT2D eigenvalue weighted by Gasteiger charge is 2.28. The third-order valence-corrected chi connectivity index (χ3v) is 3.95. The molecule has 112 valence electrons. The zero-order valence-corrected chi connectivity index (χ0v) is 12.5. The van der Waals surface area contributed by atoms with Crippen LogP contribution in [0.25, 0.3) is 0 Å². The van der Waals surface area contributed by atoms with Gasteiger partial charge in [0.2, 0.25) is 5.91 Å². The van der Waals surface area contributed by atoms with Gasteiger partial charge in [0.15, 0.2) is 0 Å². The summed E-state index contributed by atoms with van der Waals surface area (Å²) >= 11 is 0. The lowest BCUT2D eigenvalue weighted by Crippen LogP contribution is -2.42. The van der Waals surface area contributed by atoms with E-state index in [1.54, 1.807) is 13.2 Å². The van der Waals surface area contributed by atoms with Gasteiger partial charge in [-0.15, -0.1) is 0 Å². The van der Waals surface area contributed by atoms with Crippen molar-refractivity contribution in [2.45, 2.75) is 44.8 Å². The van der Waals surface area contributed by atoms with Gasteiger partial charge in [-0.2, -0.15) is 5.10 Å². The molecule has 0 bridgehead atoms. The van der Waals surface area contributed by atoms with Gasteiger partial charge in [0, 0.05) is 26.4 Å². The Morgan fingerprint density at radius 3 is 2.65 bits per heavy atom. The van der Waals surface area contributed by atoms with Crippen molar-refractivity contribution < 1.29 is 9.53 Å². The highest BCUT2D eigenvalue weighted by Crippen LogP contribution is 2.24. The summed E-state index contributed by atoms with van der Waals surface area (Å²) in [4.78, 5) is 14.1. The van der Waals surface area contributed by atoms with Crippen LogP contribution in [-0.2, 0) is 9.53 Å². The normalized spacial score (nSPS) is 17.4. The van der Waals surface area contributed by atoms with Crippen LogP contribution in [0.2, 0.25) is 0 Å². The zero-order valence-electron chi connectivity index (χ0n) is 12.5. The summed E-state index contributed by atoms with van der Waals surface area (Å²) < 4.78 is 7.23. The van der Waals surface area contributed by atoms with Crippen molar-refractivity contribution in [1.29, 1.82) is 0 Å². The Kier molecular flexibility index (Phi) is 4.32. The molecule has 20 heavy (non-hydrogen) atoms. The van der Waals surface area contributed by atoms with Crippen LogP contribution in [0.15, 0.2) is 12.3 Å². The third-order valence-electron chi connectivity index (χ3n) is 3.95. The predicted molar refractivity (Wildman–Crippen MR) is 77.2 cm³/mol. The van der Waals surface area contributed by atoms with Crippen molar-refractivity contribution in [2.24, 2.45) is 0 Å². The number of methoxy groups -OCH3 is 1. The molecule has 0 saturated carbocycles. The average molecular weight is 280 g/mol. The minimum atomic E-state index is -0.398. The maximum Gasteiger partial charge on any atom is 0.225 e. The molecule has 0 unspecified atom stereocenters. The Morgan fingerprint density at radius 2 is 2.15 bits per heavy atom. The number of rotatable bonds is 4. The minimum Gasteiger partial charge on any atom is -0.382 e. The first-order valence-electron chi connectivity index (χ1n) is 7.05. The molecule has 0 radical (unpaired) electrons. The fraction of sp³-hybridized carbons (Fsp3) is 0.714. The molecule has 1 aromatic heterocycles. The van der Waals surface area contributed by atoms with Crippen LogP contribution in [0.5, 0.6) is 0 Å². The summed E-state index contributed by atoms with van der Waals surface area (Å²) in [5.74, 6) is 0.709. The molecule has 1 aromatic rings. The van der Waals surface area contributed by atoms with Gasteiger partial charge in [-0.3, -0.25) is 9.48 Å². The number of nitrogens with zero attached hydrogens (tertiary/aromatic N) is 3. The van der Waals surface area contributed by atoms with E-state index >= 15 is 0 Å². The molecular weight excluding hydrogens is 256 g/mol. The lowest BCUT2D eigenvalue weighted by molar-refractivity contribution is -0.137. The number of aromatic nitrogens is 2. The molecule has 2 rings (SSSR count). The lowest BCUT2D eigenvalue weighted by atomic mass is 10.0. The molecule has 6 nitrogen and oxygen atoms in total. The summed E-state index contributed by atoms with van der Waals surface area (Å²) in [5.41, 5.74) is 5.24. The smallest absolute Gasteiger partial charge is 0.225 e. The average Bonchev–Trinajstić information content (AvgIpc) is 2.85. The molecule has 1 aliphatic heterocycles. The van der Waals surface area contributed by atoms with Gasteiger partial charge in [-0.1, -0.05) is 0 Å². The summed E-state index contributed by atoms with van der Waals surface area (Å²) in [6.07, 6.45) is 4.16. The van der Waals surface area contributed by atoms with E-state index in [1.165, 1.54) is 0 Å². The summed E-state index contributed by atoms with van der Waals surface area (Å²) in [6.45, 7) is 5.40. The molecule has 2 N–H and O–H groups in total. The van der Waals surface area contributed by atoms with Gasteiger partial charge in [0.1, 0.15) is 5.82 Å². The molecule has 0 aromatic carbocycles. The predicted octanol–water partition coefficient (Wildman–Crippen LogP) is 1.44. The number of likely N-dealkylation sites (tertiary alicyclic amines) is 1. The standard InChI is InChI=1S/C14H24N4O2/c1-14(2,20-3)10-13(19)17-7-4-11(5-8-17)18-9-6-12(15)16-18/h6,9,11H,4-5,7-8,10H2,1-3H3,(H2,15,16). The maximum absolute atomic E-state index is 12.2. The molecular formula is C14H24N4O2. The molecule has 6 heteroatoms. The van der Waals surface area contributed by atoms with E-state index in [0.29, 0.717) is 18.3 Å². The Labute approximate surface area is 119 Å². The Morgan fingerprint density at radius 1 is 1.50 bits per heavy atom. The second-order valence-electron chi connectivity index (χ2n) is 5.97. The topological polar surface area (TPSA) is 73.4 Å². The van der Waals surface area contributed by atoms with Crippen molar-refractivity contribution in [1.82, 2.24) is 14.7 Å². The molecule has 0 aliphatic carbocycles. The quantitative estimate of drug-likeness (QED) is 0.906. The van der Waals surface area contributed by atoms with Gasteiger partial charge >= 0.3 is 0 Å². The summed E-state index contributed by atoms with van der Waals surface area (Å²) in [6, 6.07) is 2.14. The van der Waals surface area contributed by atoms with Crippen LogP contribution >= 0.6 is 0 Å². The number of nitrogen functional groups attached to an aromatic ring is 1. The van der Waals surface area contributed by atoms with Gasteiger partial charge in [0.05, 0.1) is 18.1 Å². The Balaban J connectivity index is 1.86. The van der Waals surface area contributed by atoms with E-state index in [2.05, 4.69) is 5.10 Å². The van der Waals surface area contributed by atoms with Gasteiger partial charge in [-0.05, 0) is 32.8 Å². The fourth-order valence-electron chi connectivity index (χ4n) is 2.48. The zero-order chi connectivity index (χ0) is 14.8. The van der Waals surface area contributed by atoms with Crippen molar-refractivity contribution in [2.75, 3.05) is 25.9 Å². The van der Waals surface area contributed by atoms with E-state index in [-0.39, 0.29) is 5.91 Å². The van der Waals surface area contributed by atoms with Gasteiger partial charge < -0.3 is 15.4 Å². The summed E-state index contributed by atoms with van der Waals surface area (Å²) in [5, 5.41) is 4.25. The summed E-state index contributed by atoms with van der Waals surface area (Å²) in [7, 11) is 1.64. The first-order chi connectivity index (χ1) is 9.41. The molecule has 0 spiro atoms. The monoisotopic (exact) mass is 280 g/mol. The van der Waals surface area contributed by atoms with Crippen molar-refractivity contribution in [3.63, 3.8) is 0 Å². The Hall–Kier alpha value is -1.56. The number of anilines is 1. The number of nitrogens with two attached hydrogens (primary N) is 1. The van der Waals surface area contributed by atoms with Crippen LogP contribution in [0.4, 0.5) is 5.82 Å². The van der Waals surface area contributed by atoms with Crippen LogP contribution in [-0.4, -0.2) is 46.4 Å². The molecule has 1 saturated heterocycles. The van der Waals surface area contributed by atoms with E-state index in [0.717, 1.165) is 25.9 Å². The number of carbonyl (C=O) groups excluding carboxylic acids is 1. The molecule has 1 fully saturated rings. The van der Waals surface area contributed by atoms with E-state index in [4.69, 9.17) is 10.5 Å². The molecule has 0 atom stereocenters. The van der Waals surface area contributed by atoms with Crippen molar-refractivity contribution >= 4 is 11.7 Å². The number of carbonyl (C=O) groups is 1. The number of piperidine rings is 1. The number of hydrogen-bond acceptors (Lipinski definition) is 4. The van der Waals surface area contributed by atoms with Crippen molar-refractivity contribution in [3.05, 3.63) is 12.3 Å². The van der Waals surface area contributed by atoms with E-state index in [9.17, 15) is 4.79 Å². The highest BCUT2D eigenvalue weighted by molar-refractivity contribution is 5.77. The fourth-order valence-corrected chi connectivity index (χ4v) is 2.48. The molecule has 1 aliphatic rings. The lowest BCUT2D eigenvalue weighted by Gasteiger charge is -2.34. The molecule has 2 heterocycles. The van der Waals surface area contributed by atoms with E-state index < -0.39 is 5.60 Å². The van der Waals surface area contributed by atoms with Crippen LogP contribution in [0.3, 0.4) is 0 Å². The van der Waals surface area contributed by atoms with E-state index in [1.807, 2.05) is 29.6 Å². The number of ether oxygens (including phenoxy) is 1. The van der Waals surface area contributed by atoms with Gasteiger partial charge in [0.25, 0.3) is 0 Å². The second-order valence-corrected chi connectivity index (χ2v) is 5.97. The SMILES string of the molecule is COC(C)(C)CC(=O)N1CCC(n2ccc(N)n2)CC1. The van der Waals surface area contributed by atoms with Crippen LogP contribution < -0.4 is 5.73 Å². The highest BCUT2D eigenvalue weighted by atomic mass is 16.5. The van der Waals surface area contributed by atoms with Crippen molar-refractivity contribution in [3.8, 4) is 0 Å². The number of amides is 1. The number of hydrogen-bond donors (Lipinski definition) is 1. The molecule has 1 amide bonds. The first kappa shape index (κ1) is 14.8. The van der Waals surface area contributed by atoms with Crippen LogP contribution in [0.1, 0.15) is 39.2 Å². The first-order valence-corrected chi connectivity index (χ1v) is 7.05. The largest absolute Gasteiger partial charge is 0.382 e. The Bertz CT molecular complexity index is 461.